The summed E-state index contributed by atoms with van der Waals surface area (Å²) in [6.45, 7) is 6.16. The van der Waals surface area contributed by atoms with Gasteiger partial charge in [-0.3, -0.25) is 4.98 Å². The molecule has 0 spiro atoms. The second-order valence-corrected chi connectivity index (χ2v) is 4.79. The Kier molecular flexibility index (Phi) is 3.48. The molecule has 0 aliphatic heterocycles. The molecule has 0 aliphatic rings. The summed E-state index contributed by atoms with van der Waals surface area (Å²) in [4.78, 5) is 4.70. The number of aromatic nitrogens is 1. The van der Waals surface area contributed by atoms with E-state index in [1.807, 2.05) is 30.3 Å². The summed E-state index contributed by atoms with van der Waals surface area (Å²) in [6, 6.07) is 18.5. The van der Waals surface area contributed by atoms with Gasteiger partial charge in [0.05, 0.1) is 11.4 Å². The first-order valence-electron chi connectivity index (χ1n) is 6.70. The zero-order valence-corrected chi connectivity index (χ0v) is 11.2. The Balaban J connectivity index is 2.28. The zero-order chi connectivity index (χ0) is 13.9. The van der Waals surface area contributed by atoms with Crippen LogP contribution < -0.4 is 5.73 Å². The van der Waals surface area contributed by atoms with Crippen molar-refractivity contribution in [3.63, 3.8) is 0 Å². The fourth-order valence-corrected chi connectivity index (χ4v) is 2.42. The number of pyridine rings is 1. The van der Waals surface area contributed by atoms with Crippen molar-refractivity contribution < 1.29 is 0 Å². The average molecular weight is 260 g/mol. The smallest absolute Gasteiger partial charge is 0.0784 e. The lowest BCUT2D eigenvalue weighted by atomic mass is 10.0. The zero-order valence-electron chi connectivity index (χ0n) is 11.2. The van der Waals surface area contributed by atoms with Crippen LogP contribution in [0.2, 0.25) is 0 Å². The third-order valence-corrected chi connectivity index (χ3v) is 3.44. The lowest BCUT2D eigenvalue weighted by molar-refractivity contribution is 1.00. The van der Waals surface area contributed by atoms with Gasteiger partial charge >= 0.3 is 0 Å². The molecule has 0 fully saturated rings. The second kappa shape index (κ2) is 5.43. The summed E-state index contributed by atoms with van der Waals surface area (Å²) in [6.07, 6.45) is 0.530. The van der Waals surface area contributed by atoms with E-state index in [1.54, 1.807) is 0 Å². The van der Waals surface area contributed by atoms with Crippen molar-refractivity contribution in [2.45, 2.75) is 13.0 Å². The summed E-state index contributed by atoms with van der Waals surface area (Å²) in [7, 11) is 0. The molecule has 2 aromatic carbocycles. The van der Waals surface area contributed by atoms with Gasteiger partial charge in [0.15, 0.2) is 0 Å². The van der Waals surface area contributed by atoms with Crippen LogP contribution in [0.25, 0.3) is 22.0 Å². The summed E-state index contributed by atoms with van der Waals surface area (Å²) < 4.78 is 0. The highest BCUT2D eigenvalue weighted by Gasteiger charge is 2.08. The number of hydrogen-bond donors (Lipinski definition) is 1. The first-order chi connectivity index (χ1) is 9.81. The Labute approximate surface area is 119 Å². The molecule has 2 nitrogen and oxygen atoms in total. The normalized spacial score (nSPS) is 10.9. The maximum absolute atomic E-state index is 5.76. The molecule has 0 amide bonds. The van der Waals surface area contributed by atoms with Gasteiger partial charge in [-0.1, -0.05) is 42.5 Å². The van der Waals surface area contributed by atoms with E-state index in [1.165, 1.54) is 0 Å². The van der Waals surface area contributed by atoms with Crippen molar-refractivity contribution in [1.82, 2.24) is 4.98 Å². The average Bonchev–Trinajstić information content (AvgIpc) is 2.53. The van der Waals surface area contributed by atoms with Crippen molar-refractivity contribution in [2.75, 3.05) is 0 Å². The van der Waals surface area contributed by atoms with Gasteiger partial charge in [-0.15, -0.1) is 0 Å². The number of fused-ring (bicyclic) bond motifs is 1. The molecule has 0 unspecified atom stereocenters. The summed E-state index contributed by atoms with van der Waals surface area (Å²) >= 11 is 0. The maximum Gasteiger partial charge on any atom is 0.0784 e. The predicted molar refractivity (Wildman–Crippen MR) is 83.1 cm³/mol. The van der Waals surface area contributed by atoms with E-state index in [0.717, 1.165) is 33.3 Å². The molecule has 0 saturated carbocycles. The van der Waals surface area contributed by atoms with E-state index in [0.29, 0.717) is 13.0 Å². The van der Waals surface area contributed by atoms with Crippen LogP contribution in [0, 0.1) is 6.92 Å². The van der Waals surface area contributed by atoms with E-state index in [4.69, 9.17) is 17.6 Å². The number of nitrogens with two attached hydrogens (primary N) is 1. The van der Waals surface area contributed by atoms with Gasteiger partial charge < -0.3 is 5.73 Å². The van der Waals surface area contributed by atoms with E-state index >= 15 is 0 Å². The molecule has 3 aromatic rings. The summed E-state index contributed by atoms with van der Waals surface area (Å²) in [5.41, 5.74) is 9.82. The van der Waals surface area contributed by atoms with E-state index in [-0.39, 0.29) is 0 Å². The standard InChI is InChI=1S/C18H16N2/c1-2-13-6-5-8-15(10-13)18-17-9-4-3-7-14(17)11-16(12-19)20-18/h1,3-11H,2,12,19H2. The molecule has 0 atom stereocenters. The van der Waals surface area contributed by atoms with Crippen LogP contribution in [0.1, 0.15) is 11.3 Å². The SMILES string of the molecule is [CH]Cc1cccc(-c2nc(CN)cc3ccccc23)c1. The molecule has 98 valence electrons. The van der Waals surface area contributed by atoms with E-state index in [2.05, 4.69) is 24.3 Å². The monoisotopic (exact) mass is 260 g/mol. The fourth-order valence-electron chi connectivity index (χ4n) is 2.42. The highest BCUT2D eigenvalue weighted by Crippen LogP contribution is 2.28. The highest BCUT2D eigenvalue weighted by atomic mass is 14.7. The molecular weight excluding hydrogens is 244 g/mol. The van der Waals surface area contributed by atoms with Gasteiger partial charge in [-0.25, -0.2) is 0 Å². The Morgan fingerprint density at radius 2 is 1.85 bits per heavy atom. The topological polar surface area (TPSA) is 38.9 Å². The van der Waals surface area contributed by atoms with Crippen molar-refractivity contribution in [1.29, 1.82) is 0 Å². The van der Waals surface area contributed by atoms with Crippen LogP contribution in [-0.4, -0.2) is 4.98 Å². The van der Waals surface area contributed by atoms with Crippen LogP contribution in [0.3, 0.4) is 0 Å². The maximum atomic E-state index is 5.76. The molecule has 0 bridgehead atoms. The molecule has 0 aliphatic carbocycles. The van der Waals surface area contributed by atoms with Crippen LogP contribution >= 0.6 is 0 Å². The number of benzene rings is 2. The molecule has 1 aromatic heterocycles. The largest absolute Gasteiger partial charge is 0.325 e. The lowest BCUT2D eigenvalue weighted by Crippen LogP contribution is -2.01. The van der Waals surface area contributed by atoms with Crippen molar-refractivity contribution >= 4 is 10.8 Å². The molecular formula is C18H16N2. The summed E-state index contributed by atoms with van der Waals surface area (Å²) in [5.74, 6) is 0. The van der Waals surface area contributed by atoms with E-state index < -0.39 is 0 Å². The molecule has 20 heavy (non-hydrogen) atoms. The van der Waals surface area contributed by atoms with Crippen molar-refractivity contribution in [3.8, 4) is 11.3 Å². The van der Waals surface area contributed by atoms with Crippen LogP contribution in [0.5, 0.6) is 0 Å². The quantitative estimate of drug-likeness (QED) is 0.781. The van der Waals surface area contributed by atoms with Gasteiger partial charge in [0, 0.05) is 17.5 Å². The van der Waals surface area contributed by atoms with Crippen LogP contribution in [-0.2, 0) is 13.0 Å². The first kappa shape index (κ1) is 12.8. The van der Waals surface area contributed by atoms with Crippen molar-refractivity contribution in [2.24, 2.45) is 5.73 Å². The lowest BCUT2D eigenvalue weighted by Gasteiger charge is -2.10. The van der Waals surface area contributed by atoms with Gasteiger partial charge in [0.2, 0.25) is 0 Å². The van der Waals surface area contributed by atoms with Gasteiger partial charge in [0.1, 0.15) is 0 Å². The molecule has 2 heteroatoms. The summed E-state index contributed by atoms with van der Waals surface area (Å²) in [5, 5.41) is 2.30. The molecule has 0 saturated heterocycles. The first-order valence-corrected chi connectivity index (χ1v) is 6.70. The number of hydrogen-bond acceptors (Lipinski definition) is 2. The Hall–Kier alpha value is -2.19. The minimum Gasteiger partial charge on any atom is -0.325 e. The van der Waals surface area contributed by atoms with Gasteiger partial charge in [-0.2, -0.15) is 0 Å². The molecule has 3 rings (SSSR count). The third-order valence-electron chi connectivity index (χ3n) is 3.44. The predicted octanol–water partition coefficient (Wildman–Crippen LogP) is 3.61. The van der Waals surface area contributed by atoms with Crippen LogP contribution in [0.4, 0.5) is 0 Å². The van der Waals surface area contributed by atoms with Crippen molar-refractivity contribution in [3.05, 3.63) is 72.8 Å². The van der Waals surface area contributed by atoms with Gasteiger partial charge in [0.25, 0.3) is 0 Å². The van der Waals surface area contributed by atoms with E-state index in [9.17, 15) is 0 Å². The Morgan fingerprint density at radius 1 is 1.00 bits per heavy atom. The van der Waals surface area contributed by atoms with Crippen LogP contribution in [0.15, 0.2) is 54.6 Å². The number of rotatable bonds is 3. The Morgan fingerprint density at radius 3 is 2.65 bits per heavy atom. The molecule has 2 N–H and O–H groups in total. The minimum atomic E-state index is 0.439. The fraction of sp³-hybridized carbons (Fsp3) is 0.111. The molecule has 2 radical (unpaired) electrons. The third kappa shape index (κ3) is 2.30. The minimum absolute atomic E-state index is 0.439. The highest BCUT2D eigenvalue weighted by molar-refractivity contribution is 5.94. The number of nitrogens with zero attached hydrogens (tertiary/aromatic N) is 1. The van der Waals surface area contributed by atoms with Gasteiger partial charge in [-0.05, 0) is 36.4 Å². The molecule has 1 heterocycles. The second-order valence-electron chi connectivity index (χ2n) is 4.79. The Bertz CT molecular complexity index is 747.